The number of carbonyl (C=O) groups is 2. The van der Waals surface area contributed by atoms with Gasteiger partial charge < -0.3 is 17.2 Å². The number of aromatic nitrogens is 3. The number of hydrogen-bond donors (Lipinski definition) is 7. The van der Waals surface area contributed by atoms with E-state index in [1.54, 1.807) is 0 Å². The molecule has 10 N–H and O–H groups in total. The number of carbonyl (C=O) groups excluding carboxylic acids is 2. The van der Waals surface area contributed by atoms with E-state index in [-0.39, 0.29) is 24.2 Å². The predicted octanol–water partition coefficient (Wildman–Crippen LogP) is -2.94. The topological polar surface area (TPSA) is 221 Å². The van der Waals surface area contributed by atoms with Gasteiger partial charge in [-0.25, -0.2) is 9.78 Å². The summed E-state index contributed by atoms with van der Waals surface area (Å²) in [7, 11) is -1.00. The van der Waals surface area contributed by atoms with Crippen LogP contribution in [0.3, 0.4) is 0 Å². The van der Waals surface area contributed by atoms with Gasteiger partial charge in [-0.05, 0) is 0 Å². The molecule has 2 amide bonds. The molecule has 11 nitrogen and oxygen atoms in total. The molecule has 0 saturated heterocycles. The summed E-state index contributed by atoms with van der Waals surface area (Å²) >= 11 is 0. The van der Waals surface area contributed by atoms with Crippen LogP contribution in [0.15, 0.2) is 11.1 Å². The minimum absolute atomic E-state index is 0.139. The lowest BCUT2D eigenvalue weighted by Gasteiger charge is -1.86. The molecular formula is C8H17FN8O3. The second kappa shape index (κ2) is 16.0. The third-order valence-corrected chi connectivity index (χ3v) is 0.934. The molecule has 0 aliphatic rings. The summed E-state index contributed by atoms with van der Waals surface area (Å²) in [6.07, 6.45) is -1.52. The molecule has 0 radical (unpaired) electrons. The van der Waals surface area contributed by atoms with Gasteiger partial charge in [-0.1, -0.05) is 0 Å². The van der Waals surface area contributed by atoms with Crippen LogP contribution >= 0.6 is 0 Å². The highest BCUT2D eigenvalue weighted by atomic mass is 19.1. The van der Waals surface area contributed by atoms with Gasteiger partial charge in [0.15, 0.2) is 0 Å². The Labute approximate surface area is 116 Å². The summed E-state index contributed by atoms with van der Waals surface area (Å²) < 4.78 is 28.0. The van der Waals surface area contributed by atoms with Crippen LogP contribution < -0.4 is 28.5 Å². The lowest BCUT2D eigenvalue weighted by molar-refractivity contribution is -0.116. The van der Waals surface area contributed by atoms with Gasteiger partial charge in [0.05, 0.1) is 20.8 Å². The first-order chi connectivity index (χ1) is 10.5. The normalized spacial score (nSPS) is 9.35. The van der Waals surface area contributed by atoms with Gasteiger partial charge >= 0.3 is 5.69 Å². The number of primary amides is 2. The number of rotatable bonds is 2. The van der Waals surface area contributed by atoms with Crippen molar-refractivity contribution < 1.29 is 18.1 Å². The standard InChI is InChI=1S/C3H4N4O.C3H7N3O.CH3F.CH3NO/c4-2-5-1-6-3(8)7-2;4-2(5)1-3(6)7;1-2;2-1-3/h1H,(H3,4,5,6,7,8);1H2,(H3,4,5)(H2,6,7);1H3;1H,(H2,2,3)/i1D;;2*1D. The molecule has 20 heavy (non-hydrogen) atoms. The van der Waals surface area contributed by atoms with E-state index in [2.05, 4.69) is 16.5 Å². The van der Waals surface area contributed by atoms with Gasteiger partial charge in [0.2, 0.25) is 17.9 Å². The highest BCUT2D eigenvalue weighted by molar-refractivity contribution is 5.96. The second-order valence-electron chi connectivity index (χ2n) is 2.44. The minimum Gasteiger partial charge on any atom is -0.387 e. The molecule has 0 aliphatic heterocycles. The van der Waals surface area contributed by atoms with Crippen molar-refractivity contribution in [2.45, 2.75) is 6.42 Å². The molecule has 0 fully saturated rings. The first kappa shape index (κ1) is 15.0. The van der Waals surface area contributed by atoms with Crippen molar-refractivity contribution in [2.24, 2.45) is 17.2 Å². The summed E-state index contributed by atoms with van der Waals surface area (Å²) in [5.41, 5.74) is 12.7. The number of amidine groups is 1. The van der Waals surface area contributed by atoms with Gasteiger partial charge in [0, 0.05) is 0 Å². The molecule has 0 bridgehead atoms. The van der Waals surface area contributed by atoms with Gasteiger partial charge in [0.1, 0.15) is 9.04 Å². The van der Waals surface area contributed by atoms with Crippen molar-refractivity contribution in [3.63, 3.8) is 0 Å². The Morgan fingerprint density at radius 1 is 1.75 bits per heavy atom. The molecule has 0 aliphatic carbocycles. The van der Waals surface area contributed by atoms with Gasteiger partial charge in [0.25, 0.3) is 0 Å². The highest BCUT2D eigenvalue weighted by Crippen LogP contribution is 1.69. The molecule has 0 aromatic carbocycles. The number of H-pyrrole nitrogens is 2. The van der Waals surface area contributed by atoms with Crippen LogP contribution in [0.1, 0.15) is 10.5 Å². The molecule has 1 rings (SSSR count). The summed E-state index contributed by atoms with van der Waals surface area (Å²) in [5, 5.41) is 13.3. The summed E-state index contributed by atoms with van der Waals surface area (Å²) in [6.45, 7) is 0. The largest absolute Gasteiger partial charge is 0.387 e. The zero-order chi connectivity index (χ0) is 19.0. The van der Waals surface area contributed by atoms with Crippen LogP contribution in [0.4, 0.5) is 4.39 Å². The fourth-order valence-electron chi connectivity index (χ4n) is 0.489. The number of nitrogens with one attached hydrogen (secondary N) is 4. The Kier molecular flexibility index (Phi) is 12.0. The SMILES string of the molecule is N=C(N)CC(N)=O.[2H]C(N)=O.[2H]CF.[2H]c1nc(=N)[nH]c(=O)[nH]1. The summed E-state index contributed by atoms with van der Waals surface area (Å²) in [6, 6.07) is 0. The Hall–Kier alpha value is -3.05. The third-order valence-electron chi connectivity index (χ3n) is 0.934. The number of aromatic amines is 2. The molecule has 12 heteroatoms. The maximum absolute atomic E-state index is 10.3. The van der Waals surface area contributed by atoms with Gasteiger partial charge in [-0.15, -0.1) is 0 Å². The maximum atomic E-state index is 10.3. The number of halogens is 1. The molecule has 0 unspecified atom stereocenters. The van der Waals surface area contributed by atoms with E-state index in [4.69, 9.17) is 25.5 Å². The Balaban J connectivity index is -0.000000255. The Morgan fingerprint density at radius 2 is 2.20 bits per heavy atom. The van der Waals surface area contributed by atoms with E-state index in [1.807, 2.05) is 9.97 Å². The monoisotopic (exact) mass is 295 g/mol. The molecule has 1 aromatic heterocycles. The van der Waals surface area contributed by atoms with Crippen LogP contribution in [0.5, 0.6) is 0 Å². The van der Waals surface area contributed by atoms with E-state index in [9.17, 15) is 14.0 Å². The lowest BCUT2D eigenvalue weighted by atomic mass is 10.4. The predicted molar refractivity (Wildman–Crippen MR) is 68.1 cm³/mol. The second-order valence-corrected chi connectivity index (χ2v) is 2.44. The van der Waals surface area contributed by atoms with E-state index in [1.165, 1.54) is 0 Å². The van der Waals surface area contributed by atoms with Crippen molar-refractivity contribution >= 4 is 18.1 Å². The van der Waals surface area contributed by atoms with Crippen LogP contribution in [-0.2, 0) is 9.59 Å². The zero-order valence-corrected chi connectivity index (χ0v) is 10.2. The number of nitrogens with zero attached hydrogens (tertiary/aromatic N) is 1. The van der Waals surface area contributed by atoms with Crippen molar-refractivity contribution in [3.05, 3.63) is 22.4 Å². The van der Waals surface area contributed by atoms with Crippen LogP contribution in [0.2, 0.25) is 0 Å². The fourth-order valence-corrected chi connectivity index (χ4v) is 0.489. The molecule has 1 heterocycles. The van der Waals surface area contributed by atoms with Gasteiger partial charge in [-0.3, -0.25) is 34.8 Å². The zero-order valence-electron chi connectivity index (χ0n) is 13.2. The summed E-state index contributed by atoms with van der Waals surface area (Å²) in [5.74, 6) is -0.750. The average Bonchev–Trinajstić information content (AvgIpc) is 2.25. The number of amides is 2. The average molecular weight is 295 g/mol. The van der Waals surface area contributed by atoms with E-state index in [0.29, 0.717) is 0 Å². The highest BCUT2D eigenvalue weighted by Gasteiger charge is 1.92. The molecule has 1 aromatic rings. The van der Waals surface area contributed by atoms with E-state index in [0.717, 1.165) is 0 Å². The third kappa shape index (κ3) is 24.3. The Bertz CT molecular complexity index is 560. The smallest absolute Gasteiger partial charge is 0.326 e. The van der Waals surface area contributed by atoms with Crippen molar-refractivity contribution in [1.82, 2.24) is 15.0 Å². The number of hydrogen-bond acceptors (Lipinski definition) is 6. The quantitative estimate of drug-likeness (QED) is 0.172. The molecule has 0 saturated carbocycles. The van der Waals surface area contributed by atoms with Gasteiger partial charge in [-0.2, -0.15) is 0 Å². The molecule has 0 spiro atoms. The van der Waals surface area contributed by atoms with Crippen molar-refractivity contribution in [2.75, 3.05) is 7.15 Å². The minimum atomic E-state index is -1.08. The molecule has 114 valence electrons. The maximum Gasteiger partial charge on any atom is 0.326 e. The van der Waals surface area contributed by atoms with Crippen LogP contribution in [0.25, 0.3) is 0 Å². The van der Waals surface area contributed by atoms with E-state index >= 15 is 0 Å². The van der Waals surface area contributed by atoms with Crippen molar-refractivity contribution in [3.8, 4) is 0 Å². The van der Waals surface area contributed by atoms with Crippen LogP contribution in [-0.4, -0.2) is 40.2 Å². The lowest BCUT2D eigenvalue weighted by Crippen LogP contribution is -2.23. The number of alkyl halides is 1. The van der Waals surface area contributed by atoms with Crippen LogP contribution in [0, 0.1) is 10.8 Å². The first-order valence-corrected chi connectivity index (χ1v) is 4.40. The molecule has 0 atom stereocenters. The first-order valence-electron chi connectivity index (χ1n) is 6.11. The number of nitrogens with two attached hydrogens (primary N) is 3. The van der Waals surface area contributed by atoms with Crippen molar-refractivity contribution in [1.29, 1.82) is 10.8 Å². The fraction of sp³-hybridized carbons (Fsp3) is 0.250. The Morgan fingerprint density at radius 3 is 2.40 bits per heavy atom. The van der Waals surface area contributed by atoms with E-state index < -0.39 is 25.1 Å². The summed E-state index contributed by atoms with van der Waals surface area (Å²) in [4.78, 5) is 36.3. The molecular weight excluding hydrogens is 275 g/mol.